The van der Waals surface area contributed by atoms with Crippen LogP contribution in [0.15, 0.2) is 24.3 Å². The molecule has 2 aliphatic rings. The maximum atomic E-state index is 12.3. The Labute approximate surface area is 127 Å². The Hall–Kier alpha value is -1.46. The predicted molar refractivity (Wildman–Crippen MR) is 83.5 cm³/mol. The smallest absolute Gasteiger partial charge is 0.261 e. The van der Waals surface area contributed by atoms with E-state index < -0.39 is 0 Å². The van der Waals surface area contributed by atoms with E-state index in [9.17, 15) is 9.59 Å². The van der Waals surface area contributed by atoms with Gasteiger partial charge >= 0.3 is 0 Å². The van der Waals surface area contributed by atoms with Crippen LogP contribution in [-0.2, 0) is 4.74 Å². The van der Waals surface area contributed by atoms with Gasteiger partial charge in [-0.3, -0.25) is 14.5 Å². The van der Waals surface area contributed by atoms with Crippen LogP contribution in [0.5, 0.6) is 0 Å². The van der Waals surface area contributed by atoms with Gasteiger partial charge in [0.1, 0.15) is 0 Å². The van der Waals surface area contributed by atoms with Gasteiger partial charge in [0.05, 0.1) is 11.1 Å². The molecule has 4 nitrogen and oxygen atoms in total. The van der Waals surface area contributed by atoms with E-state index in [0.717, 1.165) is 42.5 Å². The summed E-state index contributed by atoms with van der Waals surface area (Å²) in [5, 5.41) is 0.0525. The fourth-order valence-corrected chi connectivity index (χ4v) is 4.15. The first kappa shape index (κ1) is 14.5. The molecule has 0 radical (unpaired) electrons. The number of nitrogens with zero attached hydrogens (tertiary/aromatic N) is 1. The van der Waals surface area contributed by atoms with Crippen molar-refractivity contribution in [1.82, 2.24) is 4.90 Å². The van der Waals surface area contributed by atoms with Crippen LogP contribution in [0.25, 0.3) is 0 Å². The summed E-state index contributed by atoms with van der Waals surface area (Å²) in [6, 6.07) is 7.06. The van der Waals surface area contributed by atoms with Crippen LogP contribution in [-0.4, -0.2) is 45.3 Å². The molecule has 0 saturated carbocycles. The summed E-state index contributed by atoms with van der Waals surface area (Å²) in [6.45, 7) is 1.36. The third kappa shape index (κ3) is 2.80. The van der Waals surface area contributed by atoms with Crippen molar-refractivity contribution in [2.24, 2.45) is 0 Å². The summed E-state index contributed by atoms with van der Waals surface area (Å²) in [4.78, 5) is 25.9. The summed E-state index contributed by atoms with van der Waals surface area (Å²) in [7, 11) is 1.01. The fourth-order valence-electron chi connectivity index (χ4n) is 3.24. The van der Waals surface area contributed by atoms with Crippen LogP contribution in [0, 0.1) is 0 Å². The number of fused-ring (bicyclic) bond motifs is 1. The number of carbonyl (C=O) groups excluding carboxylic acids is 2. The van der Waals surface area contributed by atoms with Crippen molar-refractivity contribution in [2.45, 2.75) is 37.3 Å². The molecule has 0 spiro atoms. The van der Waals surface area contributed by atoms with E-state index in [1.165, 1.54) is 11.3 Å². The minimum atomic E-state index is -0.150. The van der Waals surface area contributed by atoms with Crippen LogP contribution in [0.3, 0.4) is 0 Å². The van der Waals surface area contributed by atoms with Crippen molar-refractivity contribution in [3.8, 4) is 0 Å². The molecule has 0 N–H and O–H groups in total. The summed E-state index contributed by atoms with van der Waals surface area (Å²) in [5.41, 5.74) is 1.08. The number of hydrogen-bond acceptors (Lipinski definition) is 3. The maximum Gasteiger partial charge on any atom is 0.261 e. The molecule has 1 unspecified atom stereocenters. The standard InChI is InChI=1S/C16H21NO3Si/c18-14-12-6-1-2-7-13(12)15(19)17(14)10-5-9-16(21)8-3-4-11-20-16/h1-2,6-7H,3-5,8-11H2,21H3. The number of rotatable bonds is 4. The SMILES string of the molecule is O=C1c2ccccc2C(=O)N1CCCC1([SiH3])CCCCO1. The number of imide groups is 1. The highest BCUT2D eigenvalue weighted by molar-refractivity contribution is 6.21. The first-order chi connectivity index (χ1) is 10.1. The van der Waals surface area contributed by atoms with Gasteiger partial charge in [-0.1, -0.05) is 12.1 Å². The molecule has 2 aliphatic heterocycles. The molecule has 0 aromatic heterocycles. The Bertz CT molecular complexity index is 531. The van der Waals surface area contributed by atoms with E-state index in [1.54, 1.807) is 24.3 Å². The highest BCUT2D eigenvalue weighted by Gasteiger charge is 2.35. The molecule has 2 amide bonds. The lowest BCUT2D eigenvalue weighted by molar-refractivity contribution is -0.0245. The zero-order chi connectivity index (χ0) is 14.9. The summed E-state index contributed by atoms with van der Waals surface area (Å²) in [6.07, 6.45) is 5.29. The lowest BCUT2D eigenvalue weighted by Gasteiger charge is -2.34. The van der Waals surface area contributed by atoms with Gasteiger partial charge in [-0.2, -0.15) is 0 Å². The minimum Gasteiger partial charge on any atom is -0.380 e. The Balaban J connectivity index is 1.60. The van der Waals surface area contributed by atoms with Gasteiger partial charge in [0.25, 0.3) is 11.8 Å². The number of benzene rings is 1. The normalized spacial score (nSPS) is 25.4. The van der Waals surface area contributed by atoms with Crippen molar-refractivity contribution in [3.05, 3.63) is 35.4 Å². The maximum absolute atomic E-state index is 12.3. The van der Waals surface area contributed by atoms with Crippen LogP contribution in [0.2, 0.25) is 0 Å². The second kappa shape index (κ2) is 5.73. The van der Waals surface area contributed by atoms with E-state index in [2.05, 4.69) is 0 Å². The van der Waals surface area contributed by atoms with Gasteiger partial charge in [0.2, 0.25) is 0 Å². The van der Waals surface area contributed by atoms with Crippen molar-refractivity contribution in [2.75, 3.05) is 13.2 Å². The quantitative estimate of drug-likeness (QED) is 0.623. The van der Waals surface area contributed by atoms with E-state index in [1.807, 2.05) is 0 Å². The zero-order valence-corrected chi connectivity index (χ0v) is 14.4. The third-order valence-corrected chi connectivity index (χ3v) is 5.80. The van der Waals surface area contributed by atoms with Gasteiger partial charge in [0.15, 0.2) is 0 Å². The average Bonchev–Trinajstić information content (AvgIpc) is 2.73. The van der Waals surface area contributed by atoms with Crippen LogP contribution in [0.1, 0.15) is 52.8 Å². The molecular weight excluding hydrogens is 282 g/mol. The molecule has 1 saturated heterocycles. The molecule has 21 heavy (non-hydrogen) atoms. The van der Waals surface area contributed by atoms with Crippen molar-refractivity contribution >= 4 is 22.1 Å². The van der Waals surface area contributed by atoms with E-state index >= 15 is 0 Å². The Morgan fingerprint density at radius 3 is 2.38 bits per heavy atom. The first-order valence-electron chi connectivity index (χ1n) is 7.70. The molecule has 1 aromatic carbocycles. The Morgan fingerprint density at radius 2 is 1.81 bits per heavy atom. The number of carbonyl (C=O) groups is 2. The molecule has 5 heteroatoms. The lowest BCUT2D eigenvalue weighted by atomic mass is 10.0. The second-order valence-corrected chi connectivity index (χ2v) is 7.99. The van der Waals surface area contributed by atoms with Gasteiger partial charge in [0, 0.05) is 28.6 Å². The number of ether oxygens (including phenoxy) is 1. The summed E-state index contributed by atoms with van der Waals surface area (Å²) >= 11 is 0. The highest BCUT2D eigenvalue weighted by atomic mass is 28.1. The van der Waals surface area contributed by atoms with Crippen LogP contribution in [0.4, 0.5) is 0 Å². The highest BCUT2D eigenvalue weighted by Crippen LogP contribution is 2.28. The van der Waals surface area contributed by atoms with Crippen molar-refractivity contribution < 1.29 is 14.3 Å². The predicted octanol–water partition coefficient (Wildman–Crippen LogP) is 1.32. The lowest BCUT2D eigenvalue weighted by Crippen LogP contribution is -2.38. The van der Waals surface area contributed by atoms with Crippen LogP contribution < -0.4 is 0 Å². The van der Waals surface area contributed by atoms with Gasteiger partial charge in [-0.25, -0.2) is 0 Å². The minimum absolute atomic E-state index is 0.0525. The van der Waals surface area contributed by atoms with E-state index in [4.69, 9.17) is 4.74 Å². The zero-order valence-electron chi connectivity index (χ0n) is 12.4. The molecular formula is C16H21NO3Si. The van der Waals surface area contributed by atoms with Gasteiger partial charge < -0.3 is 4.74 Å². The van der Waals surface area contributed by atoms with Crippen molar-refractivity contribution in [1.29, 1.82) is 0 Å². The molecule has 1 aromatic rings. The third-order valence-electron chi connectivity index (χ3n) is 4.52. The summed E-state index contributed by atoms with van der Waals surface area (Å²) < 4.78 is 5.92. The topological polar surface area (TPSA) is 46.6 Å². The molecule has 1 atom stereocenters. The number of amides is 2. The monoisotopic (exact) mass is 303 g/mol. The fraction of sp³-hybridized carbons (Fsp3) is 0.500. The van der Waals surface area contributed by atoms with Gasteiger partial charge in [-0.15, -0.1) is 0 Å². The molecule has 0 aliphatic carbocycles. The Morgan fingerprint density at radius 1 is 1.14 bits per heavy atom. The number of hydrogen-bond donors (Lipinski definition) is 0. The molecule has 3 rings (SSSR count). The molecule has 1 fully saturated rings. The van der Waals surface area contributed by atoms with Gasteiger partial charge in [-0.05, 0) is 44.2 Å². The molecule has 2 heterocycles. The van der Waals surface area contributed by atoms with Crippen molar-refractivity contribution in [3.63, 3.8) is 0 Å². The molecule has 0 bridgehead atoms. The molecule has 112 valence electrons. The average molecular weight is 303 g/mol. The van der Waals surface area contributed by atoms with Crippen LogP contribution >= 0.6 is 0 Å². The Kier molecular flexibility index (Phi) is 3.95. The first-order valence-corrected chi connectivity index (χ1v) is 8.70. The largest absolute Gasteiger partial charge is 0.380 e. The van der Waals surface area contributed by atoms with E-state index in [-0.39, 0.29) is 17.0 Å². The van der Waals surface area contributed by atoms with E-state index in [0.29, 0.717) is 17.7 Å². The summed E-state index contributed by atoms with van der Waals surface area (Å²) in [5.74, 6) is -0.301. The second-order valence-electron chi connectivity index (χ2n) is 6.17.